The van der Waals surface area contributed by atoms with Crippen molar-refractivity contribution in [1.82, 2.24) is 4.57 Å². The third-order valence-electron chi connectivity index (χ3n) is 2.98. The SMILES string of the molecule is CCn1c(C(C)N)cc2c(C)cccc21. The van der Waals surface area contributed by atoms with Gasteiger partial charge in [0, 0.05) is 29.2 Å². The Hall–Kier alpha value is -1.28. The van der Waals surface area contributed by atoms with Gasteiger partial charge in [0.2, 0.25) is 0 Å². The lowest BCUT2D eigenvalue weighted by molar-refractivity contribution is 0.674. The van der Waals surface area contributed by atoms with E-state index in [1.54, 1.807) is 0 Å². The van der Waals surface area contributed by atoms with E-state index in [0.717, 1.165) is 6.54 Å². The maximum absolute atomic E-state index is 5.98. The molecule has 2 nitrogen and oxygen atoms in total. The van der Waals surface area contributed by atoms with Gasteiger partial charge in [-0.25, -0.2) is 0 Å². The van der Waals surface area contributed by atoms with E-state index < -0.39 is 0 Å². The van der Waals surface area contributed by atoms with Crippen LogP contribution in [0.1, 0.15) is 31.1 Å². The summed E-state index contributed by atoms with van der Waals surface area (Å²) in [6, 6.07) is 8.73. The van der Waals surface area contributed by atoms with Gasteiger partial charge in [-0.15, -0.1) is 0 Å². The average Bonchev–Trinajstić information content (AvgIpc) is 2.57. The first-order valence-corrected chi connectivity index (χ1v) is 5.49. The molecule has 0 spiro atoms. The van der Waals surface area contributed by atoms with Gasteiger partial charge in [-0.1, -0.05) is 12.1 Å². The molecular formula is C13H18N2. The van der Waals surface area contributed by atoms with E-state index in [1.165, 1.54) is 22.2 Å². The fourth-order valence-electron chi connectivity index (χ4n) is 2.18. The summed E-state index contributed by atoms with van der Waals surface area (Å²) in [4.78, 5) is 0. The molecule has 0 bridgehead atoms. The first-order chi connectivity index (χ1) is 7.15. The molecule has 0 saturated carbocycles. The Morgan fingerprint density at radius 2 is 2.13 bits per heavy atom. The van der Waals surface area contributed by atoms with Crippen LogP contribution in [0.4, 0.5) is 0 Å². The van der Waals surface area contributed by atoms with Crippen molar-refractivity contribution < 1.29 is 0 Å². The monoisotopic (exact) mass is 202 g/mol. The molecule has 1 aromatic heterocycles. The third-order valence-corrected chi connectivity index (χ3v) is 2.98. The largest absolute Gasteiger partial charge is 0.343 e. The first-order valence-electron chi connectivity index (χ1n) is 5.49. The van der Waals surface area contributed by atoms with E-state index in [9.17, 15) is 0 Å². The minimum Gasteiger partial charge on any atom is -0.343 e. The van der Waals surface area contributed by atoms with Crippen molar-refractivity contribution >= 4 is 10.9 Å². The molecule has 0 fully saturated rings. The van der Waals surface area contributed by atoms with Crippen molar-refractivity contribution in [2.75, 3.05) is 0 Å². The maximum atomic E-state index is 5.98. The van der Waals surface area contributed by atoms with Gasteiger partial charge >= 0.3 is 0 Å². The van der Waals surface area contributed by atoms with Crippen LogP contribution in [0, 0.1) is 6.92 Å². The molecule has 2 heteroatoms. The van der Waals surface area contributed by atoms with E-state index >= 15 is 0 Å². The molecule has 2 N–H and O–H groups in total. The predicted octanol–water partition coefficient (Wildman–Crippen LogP) is 2.99. The van der Waals surface area contributed by atoms with Crippen LogP contribution >= 0.6 is 0 Å². The van der Waals surface area contributed by atoms with Gasteiger partial charge in [-0.2, -0.15) is 0 Å². The molecule has 1 aromatic carbocycles. The van der Waals surface area contributed by atoms with Gasteiger partial charge < -0.3 is 10.3 Å². The van der Waals surface area contributed by atoms with Crippen molar-refractivity contribution in [2.24, 2.45) is 5.73 Å². The van der Waals surface area contributed by atoms with Crippen LogP contribution in [-0.2, 0) is 6.54 Å². The number of nitrogens with two attached hydrogens (primary N) is 1. The topological polar surface area (TPSA) is 30.9 Å². The van der Waals surface area contributed by atoms with Crippen molar-refractivity contribution in [3.63, 3.8) is 0 Å². The summed E-state index contributed by atoms with van der Waals surface area (Å²) in [5, 5.41) is 1.33. The summed E-state index contributed by atoms with van der Waals surface area (Å²) < 4.78 is 2.30. The summed E-state index contributed by atoms with van der Waals surface area (Å²) in [7, 11) is 0. The number of fused-ring (bicyclic) bond motifs is 1. The predicted molar refractivity (Wildman–Crippen MR) is 65.0 cm³/mol. The molecule has 0 radical (unpaired) electrons. The highest BCUT2D eigenvalue weighted by Crippen LogP contribution is 2.25. The van der Waals surface area contributed by atoms with Crippen LogP contribution in [0.3, 0.4) is 0 Å². The number of aryl methyl sites for hydroxylation is 2. The summed E-state index contributed by atoms with van der Waals surface area (Å²) in [5.74, 6) is 0. The van der Waals surface area contributed by atoms with Crippen LogP contribution in [0.5, 0.6) is 0 Å². The Labute approximate surface area is 90.7 Å². The zero-order valence-electron chi connectivity index (χ0n) is 9.62. The minimum absolute atomic E-state index is 0.0942. The zero-order valence-corrected chi connectivity index (χ0v) is 9.62. The fraction of sp³-hybridized carbons (Fsp3) is 0.385. The van der Waals surface area contributed by atoms with E-state index in [-0.39, 0.29) is 6.04 Å². The number of hydrogen-bond donors (Lipinski definition) is 1. The molecule has 0 aliphatic heterocycles. The number of benzene rings is 1. The van der Waals surface area contributed by atoms with Crippen molar-refractivity contribution in [3.05, 3.63) is 35.5 Å². The molecule has 1 unspecified atom stereocenters. The summed E-state index contributed by atoms with van der Waals surface area (Å²) in [6.07, 6.45) is 0. The second kappa shape index (κ2) is 3.70. The normalized spacial score (nSPS) is 13.3. The van der Waals surface area contributed by atoms with Gasteiger partial charge in [-0.3, -0.25) is 0 Å². The van der Waals surface area contributed by atoms with Gasteiger partial charge in [0.15, 0.2) is 0 Å². The van der Waals surface area contributed by atoms with Crippen LogP contribution in [0.15, 0.2) is 24.3 Å². The van der Waals surface area contributed by atoms with Gasteiger partial charge in [0.05, 0.1) is 0 Å². The standard InChI is InChI=1S/C13H18N2/c1-4-15-12-7-5-6-9(2)11(12)8-13(15)10(3)14/h5-8,10H,4,14H2,1-3H3. The molecule has 1 heterocycles. The van der Waals surface area contributed by atoms with E-state index in [0.29, 0.717) is 0 Å². The van der Waals surface area contributed by atoms with Crippen molar-refractivity contribution in [2.45, 2.75) is 33.4 Å². The first kappa shape index (κ1) is 10.2. The number of hydrogen-bond acceptors (Lipinski definition) is 1. The second-order valence-electron chi connectivity index (χ2n) is 4.11. The van der Waals surface area contributed by atoms with Crippen LogP contribution < -0.4 is 5.73 Å². The number of nitrogens with zero attached hydrogens (tertiary/aromatic N) is 1. The molecule has 15 heavy (non-hydrogen) atoms. The molecule has 80 valence electrons. The molecule has 0 saturated heterocycles. The summed E-state index contributed by atoms with van der Waals surface area (Å²) in [5.41, 5.74) is 9.82. The molecule has 0 amide bonds. The highest BCUT2D eigenvalue weighted by Gasteiger charge is 2.11. The Kier molecular flexibility index (Phi) is 2.53. The average molecular weight is 202 g/mol. The van der Waals surface area contributed by atoms with Crippen LogP contribution in [-0.4, -0.2) is 4.57 Å². The van der Waals surface area contributed by atoms with E-state index in [1.807, 2.05) is 6.92 Å². The summed E-state index contributed by atoms with van der Waals surface area (Å²) >= 11 is 0. The zero-order chi connectivity index (χ0) is 11.0. The second-order valence-corrected chi connectivity index (χ2v) is 4.11. The van der Waals surface area contributed by atoms with Crippen LogP contribution in [0.2, 0.25) is 0 Å². The smallest absolute Gasteiger partial charge is 0.0485 e. The molecule has 1 atom stereocenters. The molecular weight excluding hydrogens is 184 g/mol. The Morgan fingerprint density at radius 3 is 2.73 bits per heavy atom. The molecule has 0 aliphatic rings. The minimum atomic E-state index is 0.0942. The molecule has 0 aliphatic carbocycles. The van der Waals surface area contributed by atoms with Crippen molar-refractivity contribution in [1.29, 1.82) is 0 Å². The molecule has 2 aromatic rings. The Balaban J connectivity index is 2.78. The van der Waals surface area contributed by atoms with Crippen LogP contribution in [0.25, 0.3) is 10.9 Å². The number of aromatic nitrogens is 1. The quantitative estimate of drug-likeness (QED) is 0.797. The highest BCUT2D eigenvalue weighted by molar-refractivity contribution is 5.84. The lowest BCUT2D eigenvalue weighted by Crippen LogP contribution is -2.11. The summed E-state index contributed by atoms with van der Waals surface area (Å²) in [6.45, 7) is 7.32. The number of rotatable bonds is 2. The Bertz CT molecular complexity index is 480. The maximum Gasteiger partial charge on any atom is 0.0485 e. The Morgan fingerprint density at radius 1 is 1.40 bits per heavy atom. The lowest BCUT2D eigenvalue weighted by atomic mass is 10.1. The van der Waals surface area contributed by atoms with Gasteiger partial charge in [0.1, 0.15) is 0 Å². The van der Waals surface area contributed by atoms with Gasteiger partial charge in [-0.05, 0) is 38.5 Å². The van der Waals surface area contributed by atoms with E-state index in [2.05, 4.69) is 42.7 Å². The molecule has 2 rings (SSSR count). The lowest BCUT2D eigenvalue weighted by Gasteiger charge is -2.10. The van der Waals surface area contributed by atoms with Crippen molar-refractivity contribution in [3.8, 4) is 0 Å². The fourth-order valence-corrected chi connectivity index (χ4v) is 2.18. The van der Waals surface area contributed by atoms with E-state index in [4.69, 9.17) is 5.73 Å². The highest BCUT2D eigenvalue weighted by atomic mass is 15.0. The van der Waals surface area contributed by atoms with Gasteiger partial charge in [0.25, 0.3) is 0 Å². The third kappa shape index (κ3) is 1.55.